The number of aryl methyl sites for hydroxylation is 1. The Bertz CT molecular complexity index is 769. The number of para-hydroxylation sites is 1. The monoisotopic (exact) mass is 348 g/mol. The number of hydrogen-bond donors (Lipinski definition) is 1. The molecule has 0 aliphatic carbocycles. The third-order valence-electron chi connectivity index (χ3n) is 2.61. The summed E-state index contributed by atoms with van der Waals surface area (Å²) in [5.41, 5.74) is 1.77. The molecule has 2 heterocycles. The summed E-state index contributed by atoms with van der Waals surface area (Å²) in [7, 11) is 0. The number of carbonyl (C=O) groups is 1. The van der Waals surface area contributed by atoms with Crippen LogP contribution in [0.15, 0.2) is 40.1 Å². The Morgan fingerprint density at radius 1 is 1.27 bits per heavy atom. The second-order valence-electron chi connectivity index (χ2n) is 4.36. The van der Waals surface area contributed by atoms with Gasteiger partial charge in [-0.15, -0.1) is 21.5 Å². The standard InChI is InChI=1S/C14H12N4OS3/c1-9-7-20-14(15-9)21-8-11-17-18-13(22-11)12(19)16-10-5-3-2-4-6-10/h2-7H,8H2,1H3,(H,16,19). The van der Waals surface area contributed by atoms with E-state index in [0.717, 1.165) is 20.7 Å². The van der Waals surface area contributed by atoms with Crippen LogP contribution in [0.3, 0.4) is 0 Å². The molecule has 1 N–H and O–H groups in total. The molecule has 3 aromatic rings. The number of nitrogens with zero attached hydrogens (tertiary/aromatic N) is 3. The largest absolute Gasteiger partial charge is 0.320 e. The van der Waals surface area contributed by atoms with E-state index < -0.39 is 0 Å². The summed E-state index contributed by atoms with van der Waals surface area (Å²) in [5.74, 6) is 0.438. The smallest absolute Gasteiger partial charge is 0.286 e. The minimum atomic E-state index is -0.231. The zero-order chi connectivity index (χ0) is 15.4. The van der Waals surface area contributed by atoms with Gasteiger partial charge < -0.3 is 5.32 Å². The summed E-state index contributed by atoms with van der Waals surface area (Å²) < 4.78 is 1.00. The number of thioether (sulfide) groups is 1. The Morgan fingerprint density at radius 3 is 2.82 bits per heavy atom. The second-order valence-corrected chi connectivity index (χ2v) is 7.51. The van der Waals surface area contributed by atoms with Gasteiger partial charge in [-0.1, -0.05) is 41.3 Å². The lowest BCUT2D eigenvalue weighted by Gasteiger charge is -2.00. The van der Waals surface area contributed by atoms with E-state index in [1.54, 1.807) is 23.1 Å². The van der Waals surface area contributed by atoms with Crippen LogP contribution in [0.5, 0.6) is 0 Å². The summed E-state index contributed by atoms with van der Waals surface area (Å²) in [6, 6.07) is 9.30. The lowest BCUT2D eigenvalue weighted by atomic mass is 10.3. The molecule has 0 aliphatic heterocycles. The normalized spacial score (nSPS) is 10.6. The average Bonchev–Trinajstić information content (AvgIpc) is 3.15. The maximum atomic E-state index is 12.1. The first-order chi connectivity index (χ1) is 10.7. The van der Waals surface area contributed by atoms with Gasteiger partial charge >= 0.3 is 0 Å². The molecule has 22 heavy (non-hydrogen) atoms. The number of benzene rings is 1. The van der Waals surface area contributed by atoms with Gasteiger partial charge in [-0.25, -0.2) is 4.98 Å². The van der Waals surface area contributed by atoms with Crippen LogP contribution in [0.25, 0.3) is 0 Å². The highest BCUT2D eigenvalue weighted by atomic mass is 32.2. The molecule has 0 bridgehead atoms. The van der Waals surface area contributed by atoms with Crippen LogP contribution in [0.2, 0.25) is 0 Å². The number of hydrogen-bond acceptors (Lipinski definition) is 7. The van der Waals surface area contributed by atoms with E-state index in [-0.39, 0.29) is 5.91 Å². The average molecular weight is 348 g/mol. The fraction of sp³-hybridized carbons (Fsp3) is 0.143. The Balaban J connectivity index is 1.59. The minimum absolute atomic E-state index is 0.231. The Morgan fingerprint density at radius 2 is 2.09 bits per heavy atom. The molecule has 0 fully saturated rings. The van der Waals surface area contributed by atoms with E-state index in [0.29, 0.717) is 10.8 Å². The molecule has 0 spiro atoms. The molecule has 0 aliphatic rings. The third kappa shape index (κ3) is 3.90. The minimum Gasteiger partial charge on any atom is -0.320 e. The highest BCUT2D eigenvalue weighted by Gasteiger charge is 2.13. The first-order valence-corrected chi connectivity index (χ1v) is 9.12. The predicted octanol–water partition coefficient (Wildman–Crippen LogP) is 3.85. The first-order valence-electron chi connectivity index (χ1n) is 6.44. The molecule has 3 rings (SSSR count). The molecule has 0 radical (unpaired) electrons. The van der Waals surface area contributed by atoms with Crippen molar-refractivity contribution in [3.63, 3.8) is 0 Å². The molecule has 0 saturated carbocycles. The zero-order valence-electron chi connectivity index (χ0n) is 11.6. The van der Waals surface area contributed by atoms with Gasteiger partial charge in [0.15, 0.2) is 4.34 Å². The SMILES string of the molecule is Cc1csc(SCc2nnc(C(=O)Nc3ccccc3)s2)n1. The molecule has 1 aromatic carbocycles. The third-order valence-corrected chi connectivity index (χ3v) is 5.86. The van der Waals surface area contributed by atoms with E-state index >= 15 is 0 Å². The van der Waals surface area contributed by atoms with Gasteiger partial charge in [-0.3, -0.25) is 4.79 Å². The molecule has 5 nitrogen and oxygen atoms in total. The van der Waals surface area contributed by atoms with Gasteiger partial charge in [0.1, 0.15) is 5.01 Å². The van der Waals surface area contributed by atoms with Gasteiger partial charge in [0.25, 0.3) is 5.91 Å². The van der Waals surface area contributed by atoms with E-state index in [4.69, 9.17) is 0 Å². The molecule has 0 atom stereocenters. The quantitative estimate of drug-likeness (QED) is 0.709. The van der Waals surface area contributed by atoms with E-state index in [2.05, 4.69) is 20.5 Å². The molecule has 112 valence electrons. The number of nitrogens with one attached hydrogen (secondary N) is 1. The number of rotatable bonds is 5. The molecule has 1 amide bonds. The van der Waals surface area contributed by atoms with Crippen molar-refractivity contribution < 1.29 is 4.79 Å². The topological polar surface area (TPSA) is 67.8 Å². The summed E-state index contributed by atoms with van der Waals surface area (Å²) in [6.45, 7) is 1.97. The van der Waals surface area contributed by atoms with Crippen LogP contribution < -0.4 is 5.32 Å². The van der Waals surface area contributed by atoms with Gasteiger partial charge in [0.2, 0.25) is 5.01 Å². The molecule has 0 unspecified atom stereocenters. The highest BCUT2D eigenvalue weighted by molar-refractivity contribution is 8.00. The zero-order valence-corrected chi connectivity index (χ0v) is 14.1. The molecule has 2 aromatic heterocycles. The van der Waals surface area contributed by atoms with Gasteiger partial charge in [-0.2, -0.15) is 0 Å². The van der Waals surface area contributed by atoms with Crippen LogP contribution in [0.4, 0.5) is 5.69 Å². The van der Waals surface area contributed by atoms with Crippen molar-refractivity contribution in [3.05, 3.63) is 51.4 Å². The van der Waals surface area contributed by atoms with E-state index in [1.165, 1.54) is 11.3 Å². The van der Waals surface area contributed by atoms with Crippen molar-refractivity contribution in [1.82, 2.24) is 15.2 Å². The van der Waals surface area contributed by atoms with Crippen molar-refractivity contribution in [2.75, 3.05) is 5.32 Å². The fourth-order valence-corrected chi connectivity index (χ4v) is 4.20. The fourth-order valence-electron chi connectivity index (χ4n) is 1.63. The number of aromatic nitrogens is 3. The second kappa shape index (κ2) is 6.99. The van der Waals surface area contributed by atoms with Gasteiger partial charge in [0.05, 0.1) is 5.75 Å². The summed E-state index contributed by atoms with van der Waals surface area (Å²) in [5, 5.41) is 14.0. The van der Waals surface area contributed by atoms with Crippen molar-refractivity contribution >= 4 is 46.0 Å². The number of thiazole rings is 1. The van der Waals surface area contributed by atoms with Gasteiger partial charge in [-0.05, 0) is 19.1 Å². The van der Waals surface area contributed by atoms with Crippen LogP contribution >= 0.6 is 34.4 Å². The molecule has 0 saturated heterocycles. The maximum Gasteiger partial charge on any atom is 0.286 e. The van der Waals surface area contributed by atoms with Crippen LogP contribution in [-0.2, 0) is 5.75 Å². The summed E-state index contributed by atoms with van der Waals surface area (Å²) in [4.78, 5) is 16.5. The Labute approximate surface area is 139 Å². The number of anilines is 1. The van der Waals surface area contributed by atoms with E-state index in [1.807, 2.05) is 42.6 Å². The van der Waals surface area contributed by atoms with Crippen LogP contribution in [0, 0.1) is 6.92 Å². The predicted molar refractivity (Wildman–Crippen MR) is 90.7 cm³/mol. The maximum absolute atomic E-state index is 12.1. The van der Waals surface area contributed by atoms with Crippen molar-refractivity contribution in [2.24, 2.45) is 0 Å². The molecular weight excluding hydrogens is 336 g/mol. The number of amides is 1. The lowest BCUT2D eigenvalue weighted by Crippen LogP contribution is -2.11. The Kier molecular flexibility index (Phi) is 4.81. The van der Waals surface area contributed by atoms with Crippen molar-refractivity contribution in [3.8, 4) is 0 Å². The van der Waals surface area contributed by atoms with Gasteiger partial charge in [0, 0.05) is 16.8 Å². The summed E-state index contributed by atoms with van der Waals surface area (Å²) >= 11 is 4.53. The molecular formula is C14H12N4OS3. The Hall–Kier alpha value is -1.77. The van der Waals surface area contributed by atoms with Crippen molar-refractivity contribution in [1.29, 1.82) is 0 Å². The number of carbonyl (C=O) groups excluding carboxylic acids is 1. The summed E-state index contributed by atoms with van der Waals surface area (Å²) in [6.07, 6.45) is 0. The highest BCUT2D eigenvalue weighted by Crippen LogP contribution is 2.27. The van der Waals surface area contributed by atoms with Crippen LogP contribution in [-0.4, -0.2) is 21.1 Å². The molecule has 8 heteroatoms. The first kappa shape index (κ1) is 15.1. The lowest BCUT2D eigenvalue weighted by molar-refractivity contribution is 0.102. The van der Waals surface area contributed by atoms with E-state index in [9.17, 15) is 4.79 Å². The van der Waals surface area contributed by atoms with Crippen molar-refractivity contribution in [2.45, 2.75) is 17.0 Å². The van der Waals surface area contributed by atoms with Crippen LogP contribution in [0.1, 0.15) is 20.5 Å².